The molecule has 9 nitrogen and oxygen atoms in total. The summed E-state index contributed by atoms with van der Waals surface area (Å²) in [5, 5.41) is 33.0. The molecule has 0 atom stereocenters. The van der Waals surface area contributed by atoms with Crippen LogP contribution in [0.2, 0.25) is 0 Å². The molecule has 2 aromatic rings. The fourth-order valence-corrected chi connectivity index (χ4v) is 2.29. The van der Waals surface area contributed by atoms with E-state index in [-0.39, 0.29) is 23.8 Å². The monoisotopic (exact) mass is 335 g/mol. The molecule has 120 valence electrons. The first kappa shape index (κ1) is 16.4. The number of carbonyl (C=O) groups excluding carboxylic acids is 2. The minimum atomic E-state index is -0.408. The molecular weight excluding hydrogens is 322 g/mol. The van der Waals surface area contributed by atoms with Gasteiger partial charge in [0.2, 0.25) is 16.9 Å². The van der Waals surface area contributed by atoms with Crippen molar-refractivity contribution in [3.8, 4) is 11.5 Å². The smallest absolute Gasteiger partial charge is 0.247 e. The summed E-state index contributed by atoms with van der Waals surface area (Å²) in [5.74, 6) is -1.19. The average Bonchev–Trinajstić information content (AvgIpc) is 2.89. The van der Waals surface area contributed by atoms with E-state index in [0.717, 1.165) is 11.3 Å². The zero-order chi connectivity index (χ0) is 16.8. The predicted molar refractivity (Wildman–Crippen MR) is 83.4 cm³/mol. The van der Waals surface area contributed by atoms with Crippen LogP contribution >= 0.6 is 11.3 Å². The van der Waals surface area contributed by atoms with Crippen molar-refractivity contribution in [2.75, 3.05) is 5.32 Å². The Morgan fingerprint density at radius 1 is 1.30 bits per heavy atom. The van der Waals surface area contributed by atoms with Crippen molar-refractivity contribution in [3.63, 3.8) is 0 Å². The van der Waals surface area contributed by atoms with Gasteiger partial charge in [0.15, 0.2) is 11.5 Å². The van der Waals surface area contributed by atoms with Crippen LogP contribution < -0.4 is 10.7 Å². The minimum Gasteiger partial charge on any atom is -0.504 e. The molecule has 1 aromatic carbocycles. The molecule has 0 spiro atoms. The number of hydrogen-bond acceptors (Lipinski definition) is 8. The number of nitrogens with zero attached hydrogens (tertiary/aromatic N) is 3. The summed E-state index contributed by atoms with van der Waals surface area (Å²) >= 11 is 1.10. The van der Waals surface area contributed by atoms with E-state index in [9.17, 15) is 19.8 Å². The Balaban J connectivity index is 1.87. The van der Waals surface area contributed by atoms with Crippen molar-refractivity contribution in [2.24, 2.45) is 5.10 Å². The van der Waals surface area contributed by atoms with Gasteiger partial charge in [-0.05, 0) is 23.8 Å². The van der Waals surface area contributed by atoms with Gasteiger partial charge in [0, 0.05) is 6.92 Å². The number of aromatic nitrogens is 2. The maximum atomic E-state index is 11.7. The molecule has 1 aromatic heterocycles. The number of hydrogen-bond donors (Lipinski definition) is 4. The SMILES string of the molecule is CC(=O)Nc1nnc(CC(=O)N/N=C\c2ccc(O)c(O)c2)s1. The van der Waals surface area contributed by atoms with Gasteiger partial charge in [0.25, 0.3) is 0 Å². The highest BCUT2D eigenvalue weighted by Gasteiger charge is 2.09. The van der Waals surface area contributed by atoms with Crippen LogP contribution in [0.25, 0.3) is 0 Å². The standard InChI is InChI=1S/C13H13N5O4S/c1-7(19)15-13-18-17-12(23-13)5-11(22)16-14-6-8-2-3-9(20)10(21)4-8/h2-4,6,20-21H,5H2,1H3,(H,16,22)(H,15,18,19)/b14-6-. The Kier molecular flexibility index (Phi) is 5.20. The number of amides is 2. The normalized spacial score (nSPS) is 10.7. The summed E-state index contributed by atoms with van der Waals surface area (Å²) in [5.41, 5.74) is 2.81. The molecule has 0 unspecified atom stereocenters. The first-order chi connectivity index (χ1) is 10.9. The lowest BCUT2D eigenvalue weighted by Gasteiger charge is -1.99. The van der Waals surface area contributed by atoms with E-state index in [4.69, 9.17) is 0 Å². The maximum Gasteiger partial charge on any atom is 0.247 e. The average molecular weight is 335 g/mol. The van der Waals surface area contributed by atoms with Crippen molar-refractivity contribution in [3.05, 3.63) is 28.8 Å². The third-order valence-electron chi connectivity index (χ3n) is 2.46. The molecule has 0 aliphatic rings. The number of hydrazone groups is 1. The van der Waals surface area contributed by atoms with Gasteiger partial charge in [-0.15, -0.1) is 10.2 Å². The zero-order valence-electron chi connectivity index (χ0n) is 12.0. The van der Waals surface area contributed by atoms with Crippen LogP contribution in [0.5, 0.6) is 11.5 Å². The molecule has 0 bridgehead atoms. The number of phenols is 2. The van der Waals surface area contributed by atoms with E-state index in [2.05, 4.69) is 26.0 Å². The number of anilines is 1. The van der Waals surface area contributed by atoms with Crippen molar-refractivity contribution in [1.29, 1.82) is 0 Å². The fraction of sp³-hybridized carbons (Fsp3) is 0.154. The molecule has 10 heteroatoms. The molecule has 0 aliphatic carbocycles. The molecule has 0 aliphatic heterocycles. The van der Waals surface area contributed by atoms with Gasteiger partial charge < -0.3 is 15.5 Å². The van der Waals surface area contributed by atoms with Gasteiger partial charge in [0.1, 0.15) is 5.01 Å². The highest BCUT2D eigenvalue weighted by atomic mass is 32.1. The quantitative estimate of drug-likeness (QED) is 0.359. The Hall–Kier alpha value is -3.01. The van der Waals surface area contributed by atoms with Crippen LogP contribution in [0.4, 0.5) is 5.13 Å². The Labute approximate surface area is 134 Å². The highest BCUT2D eigenvalue weighted by molar-refractivity contribution is 7.15. The molecule has 0 radical (unpaired) electrons. The second-order valence-corrected chi connectivity index (χ2v) is 5.46. The number of benzene rings is 1. The van der Waals surface area contributed by atoms with Crippen LogP contribution in [0.15, 0.2) is 23.3 Å². The van der Waals surface area contributed by atoms with Gasteiger partial charge in [-0.3, -0.25) is 9.59 Å². The van der Waals surface area contributed by atoms with Crippen LogP contribution in [0.3, 0.4) is 0 Å². The van der Waals surface area contributed by atoms with Gasteiger partial charge in [-0.2, -0.15) is 5.10 Å². The largest absolute Gasteiger partial charge is 0.504 e. The predicted octanol–water partition coefficient (Wildman–Crippen LogP) is 0.600. The summed E-state index contributed by atoms with van der Waals surface area (Å²) < 4.78 is 0. The summed E-state index contributed by atoms with van der Waals surface area (Å²) in [6.45, 7) is 1.35. The molecule has 2 rings (SSSR count). The third kappa shape index (κ3) is 5.04. The van der Waals surface area contributed by atoms with E-state index in [1.807, 2.05) is 0 Å². The van der Waals surface area contributed by atoms with Gasteiger partial charge in [-0.1, -0.05) is 11.3 Å². The second kappa shape index (κ2) is 7.31. The molecule has 4 N–H and O–H groups in total. The number of rotatable bonds is 5. The summed E-state index contributed by atoms with van der Waals surface area (Å²) in [6, 6.07) is 4.13. The molecule has 2 amide bonds. The van der Waals surface area contributed by atoms with Gasteiger partial charge in [0.05, 0.1) is 12.6 Å². The lowest BCUT2D eigenvalue weighted by atomic mass is 10.2. The second-order valence-electron chi connectivity index (χ2n) is 4.40. The van der Waals surface area contributed by atoms with Crippen molar-refractivity contribution < 1.29 is 19.8 Å². The topological polar surface area (TPSA) is 137 Å². The first-order valence-electron chi connectivity index (χ1n) is 6.38. The van der Waals surface area contributed by atoms with Crippen LogP contribution in [0.1, 0.15) is 17.5 Å². The van der Waals surface area contributed by atoms with E-state index in [1.165, 1.54) is 31.3 Å². The van der Waals surface area contributed by atoms with E-state index in [1.54, 1.807) is 0 Å². The van der Waals surface area contributed by atoms with Crippen LogP contribution in [-0.4, -0.2) is 38.4 Å². The summed E-state index contributed by atoms with van der Waals surface area (Å²) in [7, 11) is 0. The zero-order valence-corrected chi connectivity index (χ0v) is 12.8. The molecule has 0 fully saturated rings. The third-order valence-corrected chi connectivity index (χ3v) is 3.30. The first-order valence-corrected chi connectivity index (χ1v) is 7.19. The molecular formula is C13H13N5O4S. The molecule has 0 saturated carbocycles. The fourth-order valence-electron chi connectivity index (χ4n) is 1.50. The summed E-state index contributed by atoms with van der Waals surface area (Å²) in [4.78, 5) is 22.6. The van der Waals surface area contributed by atoms with Crippen molar-refractivity contribution >= 4 is 34.5 Å². The number of nitrogens with one attached hydrogen (secondary N) is 2. The Morgan fingerprint density at radius 3 is 2.78 bits per heavy atom. The Bertz CT molecular complexity index is 759. The Morgan fingerprint density at radius 2 is 2.09 bits per heavy atom. The lowest BCUT2D eigenvalue weighted by molar-refractivity contribution is -0.120. The lowest BCUT2D eigenvalue weighted by Crippen LogP contribution is -2.19. The maximum absolute atomic E-state index is 11.7. The number of phenolic OH excluding ortho intramolecular Hbond substituents is 2. The van der Waals surface area contributed by atoms with Gasteiger partial charge >= 0.3 is 0 Å². The van der Waals surface area contributed by atoms with Crippen LogP contribution in [0, 0.1) is 0 Å². The molecule has 23 heavy (non-hydrogen) atoms. The highest BCUT2D eigenvalue weighted by Crippen LogP contribution is 2.23. The summed E-state index contributed by atoms with van der Waals surface area (Å²) in [6.07, 6.45) is 1.29. The van der Waals surface area contributed by atoms with Crippen molar-refractivity contribution in [1.82, 2.24) is 15.6 Å². The number of aromatic hydroxyl groups is 2. The molecule has 1 heterocycles. The van der Waals surface area contributed by atoms with E-state index in [0.29, 0.717) is 15.7 Å². The number of carbonyl (C=O) groups is 2. The van der Waals surface area contributed by atoms with Crippen LogP contribution in [-0.2, 0) is 16.0 Å². The van der Waals surface area contributed by atoms with E-state index >= 15 is 0 Å². The minimum absolute atomic E-state index is 0.0323. The van der Waals surface area contributed by atoms with Crippen molar-refractivity contribution in [2.45, 2.75) is 13.3 Å². The van der Waals surface area contributed by atoms with E-state index < -0.39 is 5.91 Å². The van der Waals surface area contributed by atoms with Gasteiger partial charge in [-0.25, -0.2) is 5.43 Å². The molecule has 0 saturated heterocycles.